The van der Waals surface area contributed by atoms with E-state index in [4.69, 9.17) is 4.74 Å². The normalized spacial score (nSPS) is 11.7. The Morgan fingerprint density at radius 3 is 2.72 bits per heavy atom. The van der Waals surface area contributed by atoms with Gasteiger partial charge in [-0.1, -0.05) is 30.3 Å². The molecule has 128 valence electrons. The summed E-state index contributed by atoms with van der Waals surface area (Å²) in [5.74, 6) is 0.729. The number of urea groups is 1. The van der Waals surface area contributed by atoms with Crippen LogP contribution in [0.2, 0.25) is 0 Å². The fraction of sp³-hybridized carbons (Fsp3) is 0.167. The second-order valence-electron chi connectivity index (χ2n) is 5.35. The Kier molecular flexibility index (Phi) is 5.38. The first kappa shape index (κ1) is 16.7. The van der Waals surface area contributed by atoms with E-state index in [1.54, 1.807) is 48.7 Å². The maximum Gasteiger partial charge on any atom is 0.319 e. The van der Waals surface area contributed by atoms with Gasteiger partial charge in [-0.15, -0.1) is 0 Å². The zero-order valence-corrected chi connectivity index (χ0v) is 13.8. The van der Waals surface area contributed by atoms with Gasteiger partial charge in [0.2, 0.25) is 0 Å². The van der Waals surface area contributed by atoms with Crippen LogP contribution in [0.5, 0.6) is 0 Å². The highest BCUT2D eigenvalue weighted by Gasteiger charge is 2.11. The van der Waals surface area contributed by atoms with Crippen LogP contribution in [0.15, 0.2) is 67.4 Å². The summed E-state index contributed by atoms with van der Waals surface area (Å²) in [4.78, 5) is 20.3. The van der Waals surface area contributed by atoms with Crippen molar-refractivity contribution in [1.29, 1.82) is 0 Å². The summed E-state index contributed by atoms with van der Waals surface area (Å²) in [5, 5.41) is 5.56. The predicted octanol–water partition coefficient (Wildman–Crippen LogP) is 2.78. The quantitative estimate of drug-likeness (QED) is 0.725. The number of hydrogen-bond donors (Lipinski definition) is 2. The lowest BCUT2D eigenvalue weighted by atomic mass is 10.1. The molecule has 0 aliphatic rings. The molecule has 3 aromatic rings. The van der Waals surface area contributed by atoms with E-state index in [1.165, 1.54) is 0 Å². The molecule has 0 radical (unpaired) electrons. The van der Waals surface area contributed by atoms with Gasteiger partial charge in [0.15, 0.2) is 0 Å². The van der Waals surface area contributed by atoms with E-state index >= 15 is 0 Å². The highest BCUT2D eigenvalue weighted by molar-refractivity contribution is 5.89. The topological polar surface area (TPSA) is 81.1 Å². The molecule has 2 N–H and O–H groups in total. The Bertz CT molecular complexity index is 788. The molecule has 0 bridgehead atoms. The van der Waals surface area contributed by atoms with Crippen LogP contribution in [0.3, 0.4) is 0 Å². The number of methoxy groups -OCH3 is 1. The molecule has 0 saturated carbocycles. The number of ether oxygens (including phenoxy) is 1. The number of carbonyl (C=O) groups is 1. The van der Waals surface area contributed by atoms with Gasteiger partial charge in [-0.25, -0.2) is 14.8 Å². The van der Waals surface area contributed by atoms with Crippen LogP contribution in [0.1, 0.15) is 11.7 Å². The molecule has 3 rings (SSSR count). The number of pyridine rings is 1. The molecule has 25 heavy (non-hydrogen) atoms. The number of rotatable bonds is 6. The van der Waals surface area contributed by atoms with Gasteiger partial charge in [0.25, 0.3) is 0 Å². The molecule has 7 nitrogen and oxygen atoms in total. The third-order valence-corrected chi connectivity index (χ3v) is 3.68. The van der Waals surface area contributed by atoms with E-state index in [0.29, 0.717) is 12.2 Å². The van der Waals surface area contributed by atoms with E-state index in [9.17, 15) is 4.79 Å². The average molecular weight is 337 g/mol. The number of nitrogens with zero attached hydrogens (tertiary/aromatic N) is 3. The molecule has 0 saturated heterocycles. The second kappa shape index (κ2) is 8.07. The summed E-state index contributed by atoms with van der Waals surface area (Å²) < 4.78 is 7.22. The maximum atomic E-state index is 12.1. The number of anilines is 1. The monoisotopic (exact) mass is 337 g/mol. The van der Waals surface area contributed by atoms with Gasteiger partial charge in [-0.3, -0.25) is 4.57 Å². The van der Waals surface area contributed by atoms with E-state index in [0.717, 1.165) is 11.4 Å². The third kappa shape index (κ3) is 4.42. The minimum Gasteiger partial charge on any atom is -0.375 e. The lowest BCUT2D eigenvalue weighted by molar-refractivity contribution is 0.104. The van der Waals surface area contributed by atoms with E-state index < -0.39 is 0 Å². The number of amides is 2. The van der Waals surface area contributed by atoms with Crippen LogP contribution < -0.4 is 10.6 Å². The Morgan fingerprint density at radius 2 is 2.08 bits per heavy atom. The first-order valence-electron chi connectivity index (χ1n) is 7.83. The molecule has 2 aromatic heterocycles. The summed E-state index contributed by atoms with van der Waals surface area (Å²) in [5.41, 5.74) is 1.62. The standard InChI is InChI=1S/C18H19N5O2/c1-25-16(14-5-3-2-4-6-14)12-21-18(24)22-15-7-8-17(20-11-15)23-10-9-19-13-23/h2-11,13,16H,12H2,1H3,(H2,21,22,24). The lowest BCUT2D eigenvalue weighted by Gasteiger charge is -2.16. The van der Waals surface area contributed by atoms with E-state index in [1.807, 2.05) is 30.3 Å². The molecule has 0 aliphatic heterocycles. The van der Waals surface area contributed by atoms with E-state index in [-0.39, 0.29) is 12.1 Å². The summed E-state index contributed by atoms with van der Waals surface area (Å²) in [6, 6.07) is 13.0. The van der Waals surface area contributed by atoms with Gasteiger partial charge in [0.1, 0.15) is 12.1 Å². The number of aromatic nitrogens is 3. The molecule has 0 spiro atoms. The van der Waals surface area contributed by atoms with Gasteiger partial charge >= 0.3 is 6.03 Å². The van der Waals surface area contributed by atoms with Crippen LogP contribution in [0.25, 0.3) is 5.82 Å². The van der Waals surface area contributed by atoms with Crippen LogP contribution in [0, 0.1) is 0 Å². The van der Waals surface area contributed by atoms with Gasteiger partial charge in [0, 0.05) is 26.0 Å². The van der Waals surface area contributed by atoms with Crippen molar-refractivity contribution in [1.82, 2.24) is 19.9 Å². The molecule has 1 atom stereocenters. The minimum absolute atomic E-state index is 0.200. The molecule has 2 heterocycles. The summed E-state index contributed by atoms with van der Waals surface area (Å²) >= 11 is 0. The first-order valence-corrected chi connectivity index (χ1v) is 7.83. The fourth-order valence-corrected chi connectivity index (χ4v) is 2.37. The van der Waals surface area contributed by atoms with Crippen LogP contribution in [-0.2, 0) is 4.74 Å². The number of hydrogen-bond acceptors (Lipinski definition) is 4. The van der Waals surface area contributed by atoms with Gasteiger partial charge in [0.05, 0.1) is 18.0 Å². The fourth-order valence-electron chi connectivity index (χ4n) is 2.37. The minimum atomic E-state index is -0.310. The first-order chi connectivity index (χ1) is 12.3. The molecule has 2 amide bonds. The van der Waals surface area contributed by atoms with Gasteiger partial charge < -0.3 is 15.4 Å². The Hall–Kier alpha value is -3.19. The van der Waals surface area contributed by atoms with Crippen LogP contribution >= 0.6 is 0 Å². The zero-order valence-electron chi connectivity index (χ0n) is 13.8. The number of benzene rings is 1. The van der Waals surface area contributed by atoms with Crippen molar-refractivity contribution in [3.63, 3.8) is 0 Å². The Morgan fingerprint density at radius 1 is 1.24 bits per heavy atom. The molecular weight excluding hydrogens is 318 g/mol. The van der Waals surface area contributed by atoms with Crippen LogP contribution in [0.4, 0.5) is 10.5 Å². The summed E-state index contributed by atoms with van der Waals surface area (Å²) in [6.07, 6.45) is 6.54. The van der Waals surface area contributed by atoms with Crippen molar-refractivity contribution >= 4 is 11.7 Å². The van der Waals surface area contributed by atoms with Crippen LogP contribution in [-0.4, -0.2) is 34.2 Å². The highest BCUT2D eigenvalue weighted by Crippen LogP contribution is 2.15. The van der Waals surface area contributed by atoms with Crippen molar-refractivity contribution in [2.45, 2.75) is 6.10 Å². The van der Waals surface area contributed by atoms with Crippen molar-refractivity contribution < 1.29 is 9.53 Å². The number of carbonyl (C=O) groups excluding carboxylic acids is 1. The largest absolute Gasteiger partial charge is 0.375 e. The van der Waals surface area contributed by atoms with E-state index in [2.05, 4.69) is 20.6 Å². The maximum absolute atomic E-state index is 12.1. The Labute approximate surface area is 145 Å². The molecule has 1 unspecified atom stereocenters. The molecule has 7 heteroatoms. The van der Waals surface area contributed by atoms with Gasteiger partial charge in [-0.05, 0) is 17.7 Å². The molecule has 1 aromatic carbocycles. The highest BCUT2D eigenvalue weighted by atomic mass is 16.5. The number of nitrogens with one attached hydrogen (secondary N) is 2. The zero-order chi connectivity index (χ0) is 17.5. The Balaban J connectivity index is 1.54. The van der Waals surface area contributed by atoms with Crippen molar-refractivity contribution in [2.75, 3.05) is 19.0 Å². The average Bonchev–Trinajstić information content (AvgIpc) is 3.18. The number of imidazole rings is 1. The third-order valence-electron chi connectivity index (χ3n) is 3.68. The molecule has 0 fully saturated rings. The SMILES string of the molecule is COC(CNC(=O)Nc1ccc(-n2ccnc2)nc1)c1ccccc1. The second-order valence-corrected chi connectivity index (χ2v) is 5.35. The smallest absolute Gasteiger partial charge is 0.319 e. The lowest BCUT2D eigenvalue weighted by Crippen LogP contribution is -2.33. The summed E-state index contributed by atoms with van der Waals surface area (Å²) in [6.45, 7) is 0.368. The van der Waals surface area contributed by atoms with Crippen molar-refractivity contribution in [3.8, 4) is 5.82 Å². The molecular formula is C18H19N5O2. The van der Waals surface area contributed by atoms with Gasteiger partial charge in [-0.2, -0.15) is 0 Å². The van der Waals surface area contributed by atoms with Crippen molar-refractivity contribution in [3.05, 3.63) is 72.9 Å². The predicted molar refractivity (Wildman–Crippen MR) is 94.6 cm³/mol. The van der Waals surface area contributed by atoms with Crippen molar-refractivity contribution in [2.24, 2.45) is 0 Å². The summed E-state index contributed by atoms with van der Waals surface area (Å²) in [7, 11) is 1.62. The molecule has 0 aliphatic carbocycles.